The van der Waals surface area contributed by atoms with Gasteiger partial charge in [-0.05, 0) is 18.4 Å². The van der Waals surface area contributed by atoms with Crippen molar-refractivity contribution >= 4 is 5.91 Å². The molecule has 2 N–H and O–H groups in total. The minimum Gasteiger partial charge on any atom is -0.392 e. The largest absolute Gasteiger partial charge is 0.392 e. The molecule has 3 heteroatoms. The fraction of sp³-hybridized carbons (Fsp3) is 0.533. The molecule has 1 amide bonds. The topological polar surface area (TPSA) is 49.3 Å². The minimum absolute atomic E-state index is 0.00329. The van der Waals surface area contributed by atoms with Crippen LogP contribution in [0.3, 0.4) is 0 Å². The quantitative estimate of drug-likeness (QED) is 0.813. The van der Waals surface area contributed by atoms with Crippen molar-refractivity contribution in [3.05, 3.63) is 35.9 Å². The number of hydrogen-bond donors (Lipinski definition) is 2. The first-order chi connectivity index (χ1) is 8.56. The first-order valence-corrected chi connectivity index (χ1v) is 6.57. The van der Waals surface area contributed by atoms with Crippen LogP contribution < -0.4 is 5.32 Å². The second-order valence-electron chi connectivity index (χ2n) is 4.87. The molecular formula is C15H23NO2. The van der Waals surface area contributed by atoms with Crippen molar-refractivity contribution in [1.29, 1.82) is 0 Å². The van der Waals surface area contributed by atoms with Gasteiger partial charge in [-0.25, -0.2) is 0 Å². The lowest BCUT2D eigenvalue weighted by atomic mass is 9.85. The molecule has 18 heavy (non-hydrogen) atoms. The molecule has 0 aliphatic heterocycles. The summed E-state index contributed by atoms with van der Waals surface area (Å²) in [5.41, 5.74) is 1.04. The van der Waals surface area contributed by atoms with Crippen LogP contribution in [0.5, 0.6) is 0 Å². The van der Waals surface area contributed by atoms with Gasteiger partial charge >= 0.3 is 0 Å². The highest BCUT2D eigenvalue weighted by Gasteiger charge is 2.25. The van der Waals surface area contributed by atoms with Crippen LogP contribution >= 0.6 is 0 Å². The van der Waals surface area contributed by atoms with E-state index in [1.165, 1.54) is 0 Å². The molecule has 0 aromatic heterocycles. The summed E-state index contributed by atoms with van der Waals surface area (Å²) in [7, 11) is 0. The maximum Gasteiger partial charge on any atom is 0.227 e. The third-order valence-corrected chi connectivity index (χ3v) is 3.23. The van der Waals surface area contributed by atoms with Crippen molar-refractivity contribution in [3.63, 3.8) is 0 Å². The number of nitrogens with one attached hydrogen (secondary N) is 1. The van der Waals surface area contributed by atoms with Crippen molar-refractivity contribution in [2.75, 3.05) is 6.54 Å². The second-order valence-corrected chi connectivity index (χ2v) is 4.87. The molecule has 100 valence electrons. The molecule has 3 nitrogen and oxygen atoms in total. The number of aliphatic hydroxyl groups is 1. The fourth-order valence-electron chi connectivity index (χ4n) is 1.99. The van der Waals surface area contributed by atoms with Gasteiger partial charge in [0.2, 0.25) is 5.91 Å². The van der Waals surface area contributed by atoms with Gasteiger partial charge in [-0.2, -0.15) is 0 Å². The van der Waals surface area contributed by atoms with E-state index in [1.807, 2.05) is 30.3 Å². The van der Waals surface area contributed by atoms with E-state index in [1.54, 1.807) is 6.92 Å². The Morgan fingerprint density at radius 3 is 2.39 bits per heavy atom. The zero-order valence-electron chi connectivity index (χ0n) is 11.4. The van der Waals surface area contributed by atoms with Gasteiger partial charge in [-0.15, -0.1) is 0 Å². The Morgan fingerprint density at radius 1 is 1.28 bits per heavy atom. The smallest absolute Gasteiger partial charge is 0.227 e. The monoisotopic (exact) mass is 249 g/mol. The van der Waals surface area contributed by atoms with Crippen LogP contribution in [0.25, 0.3) is 0 Å². The van der Waals surface area contributed by atoms with Crippen molar-refractivity contribution in [2.24, 2.45) is 5.92 Å². The standard InChI is InChI=1S/C15H23NO2/c1-4-11(2)14(13-8-6-5-7-9-13)15(18)16-10-12(3)17/h5-9,11-12,14,17H,4,10H2,1-3H3,(H,16,18)/t11?,12-,14?/m1/s1. The van der Waals surface area contributed by atoms with Gasteiger partial charge in [0.15, 0.2) is 0 Å². The third-order valence-electron chi connectivity index (χ3n) is 3.23. The van der Waals surface area contributed by atoms with E-state index in [0.717, 1.165) is 12.0 Å². The summed E-state index contributed by atoms with van der Waals surface area (Å²) in [6.45, 7) is 6.14. The van der Waals surface area contributed by atoms with Crippen LogP contribution in [0, 0.1) is 5.92 Å². The molecule has 0 aliphatic rings. The summed E-state index contributed by atoms with van der Waals surface area (Å²) in [6, 6.07) is 9.82. The van der Waals surface area contributed by atoms with Crippen molar-refractivity contribution in [3.8, 4) is 0 Å². The molecule has 1 rings (SSSR count). The molecule has 1 aromatic carbocycles. The minimum atomic E-state index is -0.512. The zero-order valence-corrected chi connectivity index (χ0v) is 11.4. The number of amides is 1. The highest BCUT2D eigenvalue weighted by molar-refractivity contribution is 5.83. The van der Waals surface area contributed by atoms with E-state index in [9.17, 15) is 9.90 Å². The zero-order chi connectivity index (χ0) is 13.5. The van der Waals surface area contributed by atoms with Gasteiger partial charge in [0.1, 0.15) is 0 Å². The van der Waals surface area contributed by atoms with Gasteiger partial charge in [0.25, 0.3) is 0 Å². The number of hydrogen-bond acceptors (Lipinski definition) is 2. The van der Waals surface area contributed by atoms with Crippen LogP contribution in [-0.2, 0) is 4.79 Å². The molecule has 0 radical (unpaired) electrons. The maximum absolute atomic E-state index is 12.2. The van der Waals surface area contributed by atoms with E-state index in [4.69, 9.17) is 0 Å². The number of aliphatic hydroxyl groups excluding tert-OH is 1. The summed E-state index contributed by atoms with van der Waals surface area (Å²) in [6.07, 6.45) is 0.434. The predicted molar refractivity (Wildman–Crippen MR) is 73.3 cm³/mol. The molecule has 0 saturated heterocycles. The summed E-state index contributed by atoms with van der Waals surface area (Å²) < 4.78 is 0. The number of benzene rings is 1. The lowest BCUT2D eigenvalue weighted by Crippen LogP contribution is -2.36. The first kappa shape index (κ1) is 14.7. The van der Waals surface area contributed by atoms with Gasteiger partial charge in [0, 0.05) is 6.54 Å². The van der Waals surface area contributed by atoms with Crippen LogP contribution in [0.2, 0.25) is 0 Å². The maximum atomic E-state index is 12.2. The summed E-state index contributed by atoms with van der Waals surface area (Å²) in [5, 5.41) is 12.0. The molecule has 3 atom stereocenters. The van der Waals surface area contributed by atoms with Gasteiger partial charge < -0.3 is 10.4 Å². The molecule has 2 unspecified atom stereocenters. The Balaban J connectivity index is 2.82. The van der Waals surface area contributed by atoms with E-state index in [2.05, 4.69) is 19.2 Å². The SMILES string of the molecule is CCC(C)C(C(=O)NC[C@@H](C)O)c1ccccc1. The van der Waals surface area contributed by atoms with Crippen molar-refractivity contribution < 1.29 is 9.90 Å². The van der Waals surface area contributed by atoms with Crippen LogP contribution in [0.1, 0.15) is 38.7 Å². The van der Waals surface area contributed by atoms with Crippen molar-refractivity contribution in [1.82, 2.24) is 5.32 Å². The highest BCUT2D eigenvalue weighted by Crippen LogP contribution is 2.26. The van der Waals surface area contributed by atoms with E-state index >= 15 is 0 Å². The average molecular weight is 249 g/mol. The van der Waals surface area contributed by atoms with Gasteiger partial charge in [-0.1, -0.05) is 50.6 Å². The summed E-state index contributed by atoms with van der Waals surface area (Å²) >= 11 is 0. The predicted octanol–water partition coefficient (Wildman–Crippen LogP) is 2.31. The molecule has 0 bridgehead atoms. The molecule has 0 saturated carbocycles. The molecule has 1 aromatic rings. The van der Waals surface area contributed by atoms with Gasteiger partial charge in [0.05, 0.1) is 12.0 Å². The average Bonchev–Trinajstić information content (AvgIpc) is 2.37. The fourth-order valence-corrected chi connectivity index (χ4v) is 1.99. The van der Waals surface area contributed by atoms with Crippen LogP contribution in [0.4, 0.5) is 0 Å². The molecule has 0 fully saturated rings. The second kappa shape index (κ2) is 7.17. The first-order valence-electron chi connectivity index (χ1n) is 6.57. The Bertz CT molecular complexity index is 362. The third kappa shape index (κ3) is 4.15. The lowest BCUT2D eigenvalue weighted by molar-refractivity contribution is -0.124. The molecule has 0 spiro atoms. The number of carbonyl (C=O) groups excluding carboxylic acids is 1. The Labute approximate surface area is 109 Å². The Kier molecular flexibility index (Phi) is 5.86. The van der Waals surface area contributed by atoms with Crippen LogP contribution in [-0.4, -0.2) is 23.7 Å². The summed E-state index contributed by atoms with van der Waals surface area (Å²) in [5.74, 6) is 0.132. The number of carbonyl (C=O) groups is 1. The molecule has 0 aliphatic carbocycles. The Hall–Kier alpha value is -1.35. The van der Waals surface area contributed by atoms with Crippen LogP contribution in [0.15, 0.2) is 30.3 Å². The summed E-state index contributed by atoms with van der Waals surface area (Å²) in [4.78, 5) is 12.2. The van der Waals surface area contributed by atoms with Gasteiger partial charge in [-0.3, -0.25) is 4.79 Å². The lowest BCUT2D eigenvalue weighted by Gasteiger charge is -2.23. The molecular weight excluding hydrogens is 226 g/mol. The normalized spacial score (nSPS) is 15.8. The van der Waals surface area contributed by atoms with Crippen molar-refractivity contribution in [2.45, 2.75) is 39.2 Å². The van der Waals surface area contributed by atoms with E-state index < -0.39 is 6.10 Å². The van der Waals surface area contributed by atoms with E-state index in [0.29, 0.717) is 6.54 Å². The highest BCUT2D eigenvalue weighted by atomic mass is 16.3. The molecule has 0 heterocycles. The van der Waals surface area contributed by atoms with E-state index in [-0.39, 0.29) is 17.7 Å². The Morgan fingerprint density at radius 2 is 1.89 bits per heavy atom. The number of rotatable bonds is 6.